The van der Waals surface area contributed by atoms with Crippen LogP contribution in [0.4, 0.5) is 14.5 Å². The Morgan fingerprint density at radius 3 is 2.86 bits per heavy atom. The monoisotopic (exact) mass is 416 g/mol. The molecular formula is C20H18F2N4O2S. The topological polar surface area (TPSA) is 69.0 Å². The summed E-state index contributed by atoms with van der Waals surface area (Å²) < 4.78 is 34.0. The number of thioether (sulfide) groups is 1. The maximum absolute atomic E-state index is 13.7. The summed E-state index contributed by atoms with van der Waals surface area (Å²) in [5, 5.41) is 11.2. The number of carbonyl (C=O) groups is 1. The van der Waals surface area contributed by atoms with Crippen molar-refractivity contribution in [2.24, 2.45) is 0 Å². The number of nitrogens with one attached hydrogen (secondary N) is 1. The summed E-state index contributed by atoms with van der Waals surface area (Å²) in [7, 11) is 1.58. The van der Waals surface area contributed by atoms with E-state index in [1.165, 1.54) is 0 Å². The summed E-state index contributed by atoms with van der Waals surface area (Å²) >= 11 is 1.13. The van der Waals surface area contributed by atoms with Crippen LogP contribution in [0.2, 0.25) is 0 Å². The second kappa shape index (κ2) is 9.33. The zero-order chi connectivity index (χ0) is 20.8. The molecule has 0 aliphatic rings. The molecule has 1 amide bonds. The van der Waals surface area contributed by atoms with E-state index in [0.29, 0.717) is 23.3 Å². The van der Waals surface area contributed by atoms with Crippen LogP contribution in [-0.4, -0.2) is 33.5 Å². The number of rotatable bonds is 8. The van der Waals surface area contributed by atoms with E-state index in [1.54, 1.807) is 13.2 Å². The minimum atomic E-state index is -0.708. The first-order chi connectivity index (χ1) is 14.0. The van der Waals surface area contributed by atoms with Gasteiger partial charge in [-0.3, -0.25) is 9.36 Å². The summed E-state index contributed by atoms with van der Waals surface area (Å²) in [5.41, 5.74) is 0.595. The molecule has 0 fully saturated rings. The van der Waals surface area contributed by atoms with Gasteiger partial charge in [0.25, 0.3) is 0 Å². The van der Waals surface area contributed by atoms with Crippen LogP contribution in [0.1, 0.15) is 0 Å². The van der Waals surface area contributed by atoms with Crippen LogP contribution in [0.15, 0.2) is 60.3 Å². The lowest BCUT2D eigenvalue weighted by Crippen LogP contribution is -2.15. The highest BCUT2D eigenvalue weighted by Crippen LogP contribution is 2.27. The Morgan fingerprint density at radius 1 is 1.28 bits per heavy atom. The van der Waals surface area contributed by atoms with Gasteiger partial charge in [0.05, 0.1) is 18.6 Å². The molecular weight excluding hydrogens is 398 g/mol. The molecule has 3 rings (SSSR count). The minimum Gasteiger partial charge on any atom is -0.497 e. The summed E-state index contributed by atoms with van der Waals surface area (Å²) in [5.74, 6) is -0.605. The summed E-state index contributed by atoms with van der Waals surface area (Å²) in [6.45, 7) is 4.18. The number of allylic oxidation sites excluding steroid dienone is 1. The van der Waals surface area contributed by atoms with Crippen molar-refractivity contribution in [3.8, 4) is 17.1 Å². The number of nitrogens with zero attached hydrogens (tertiary/aromatic N) is 3. The second-order valence-electron chi connectivity index (χ2n) is 5.90. The Morgan fingerprint density at radius 2 is 2.10 bits per heavy atom. The number of aromatic nitrogens is 3. The number of hydrogen-bond acceptors (Lipinski definition) is 5. The Balaban J connectivity index is 1.75. The van der Waals surface area contributed by atoms with E-state index < -0.39 is 17.5 Å². The van der Waals surface area contributed by atoms with Gasteiger partial charge < -0.3 is 10.1 Å². The second-order valence-corrected chi connectivity index (χ2v) is 6.84. The molecule has 6 nitrogen and oxygen atoms in total. The molecule has 0 aliphatic heterocycles. The third-order valence-corrected chi connectivity index (χ3v) is 4.86. The quantitative estimate of drug-likeness (QED) is 0.441. The Labute approximate surface area is 170 Å². The molecule has 0 spiro atoms. The first-order valence-electron chi connectivity index (χ1n) is 8.58. The number of amides is 1. The average Bonchev–Trinajstić information content (AvgIpc) is 3.12. The fourth-order valence-electron chi connectivity index (χ4n) is 2.57. The van der Waals surface area contributed by atoms with E-state index >= 15 is 0 Å². The third-order valence-electron chi connectivity index (χ3n) is 3.89. The first kappa shape index (κ1) is 20.5. The Bertz CT molecular complexity index is 1040. The lowest BCUT2D eigenvalue weighted by atomic mass is 10.2. The van der Waals surface area contributed by atoms with Gasteiger partial charge in [0.1, 0.15) is 17.4 Å². The third kappa shape index (κ3) is 5.00. The van der Waals surface area contributed by atoms with E-state index in [4.69, 9.17) is 4.74 Å². The number of ether oxygens (including phenoxy) is 1. The van der Waals surface area contributed by atoms with Crippen molar-refractivity contribution < 1.29 is 18.3 Å². The van der Waals surface area contributed by atoms with Gasteiger partial charge in [-0.2, -0.15) is 0 Å². The standard InChI is InChI=1S/C20H18F2N4O2S/c1-3-9-26-19(13-5-4-6-15(10-13)28-2)24-25-20(26)29-12-18(27)23-17-11-14(21)7-8-16(17)22/h3-8,10-11H,1,9,12H2,2H3,(H,23,27). The van der Waals surface area contributed by atoms with Crippen molar-refractivity contribution in [2.75, 3.05) is 18.2 Å². The molecule has 150 valence electrons. The average molecular weight is 416 g/mol. The molecule has 0 saturated carbocycles. The number of methoxy groups -OCH3 is 1. The molecule has 0 unspecified atom stereocenters. The van der Waals surface area contributed by atoms with Gasteiger partial charge >= 0.3 is 0 Å². The van der Waals surface area contributed by atoms with Crippen molar-refractivity contribution in [2.45, 2.75) is 11.7 Å². The van der Waals surface area contributed by atoms with Crippen LogP contribution in [0.3, 0.4) is 0 Å². The van der Waals surface area contributed by atoms with Gasteiger partial charge in [-0.15, -0.1) is 16.8 Å². The fourth-order valence-corrected chi connectivity index (χ4v) is 3.32. The van der Waals surface area contributed by atoms with Crippen LogP contribution in [0.25, 0.3) is 11.4 Å². The fraction of sp³-hybridized carbons (Fsp3) is 0.150. The highest BCUT2D eigenvalue weighted by molar-refractivity contribution is 7.99. The maximum Gasteiger partial charge on any atom is 0.234 e. The lowest BCUT2D eigenvalue weighted by Gasteiger charge is -2.09. The smallest absolute Gasteiger partial charge is 0.234 e. The van der Waals surface area contributed by atoms with E-state index in [0.717, 1.165) is 35.5 Å². The molecule has 1 N–H and O–H groups in total. The van der Waals surface area contributed by atoms with Gasteiger partial charge in [0.15, 0.2) is 11.0 Å². The normalized spacial score (nSPS) is 10.6. The lowest BCUT2D eigenvalue weighted by molar-refractivity contribution is -0.113. The predicted molar refractivity (Wildman–Crippen MR) is 108 cm³/mol. The Kier molecular flexibility index (Phi) is 6.61. The number of hydrogen-bond donors (Lipinski definition) is 1. The van der Waals surface area contributed by atoms with E-state index in [9.17, 15) is 13.6 Å². The molecule has 29 heavy (non-hydrogen) atoms. The highest BCUT2D eigenvalue weighted by atomic mass is 32.2. The minimum absolute atomic E-state index is 0.0522. The molecule has 1 heterocycles. The molecule has 0 radical (unpaired) electrons. The number of anilines is 1. The molecule has 9 heteroatoms. The van der Waals surface area contributed by atoms with E-state index in [2.05, 4.69) is 22.1 Å². The number of halogens is 2. The van der Waals surface area contributed by atoms with Gasteiger partial charge in [-0.05, 0) is 24.3 Å². The zero-order valence-corrected chi connectivity index (χ0v) is 16.4. The summed E-state index contributed by atoms with van der Waals surface area (Å²) in [4.78, 5) is 12.2. The predicted octanol–water partition coefficient (Wildman–Crippen LogP) is 4.15. The van der Waals surface area contributed by atoms with Crippen LogP contribution < -0.4 is 10.1 Å². The SMILES string of the molecule is C=CCn1c(SCC(=O)Nc2cc(F)ccc2F)nnc1-c1cccc(OC)c1. The molecule has 0 saturated heterocycles. The molecule has 2 aromatic carbocycles. The summed E-state index contributed by atoms with van der Waals surface area (Å²) in [6, 6.07) is 10.2. The molecule has 1 aromatic heterocycles. The van der Waals surface area contributed by atoms with Crippen LogP contribution in [0, 0.1) is 11.6 Å². The van der Waals surface area contributed by atoms with Crippen LogP contribution >= 0.6 is 11.8 Å². The zero-order valence-electron chi connectivity index (χ0n) is 15.6. The van der Waals surface area contributed by atoms with Gasteiger partial charge in [-0.1, -0.05) is 30.0 Å². The van der Waals surface area contributed by atoms with E-state index in [-0.39, 0.29) is 11.4 Å². The van der Waals surface area contributed by atoms with Crippen molar-refractivity contribution in [1.29, 1.82) is 0 Å². The highest BCUT2D eigenvalue weighted by Gasteiger charge is 2.16. The number of benzene rings is 2. The first-order valence-corrected chi connectivity index (χ1v) is 9.56. The number of carbonyl (C=O) groups excluding carboxylic acids is 1. The van der Waals surface area contributed by atoms with Crippen molar-refractivity contribution in [3.05, 3.63) is 66.8 Å². The molecule has 3 aromatic rings. The summed E-state index contributed by atoms with van der Waals surface area (Å²) in [6.07, 6.45) is 1.69. The largest absolute Gasteiger partial charge is 0.497 e. The van der Waals surface area contributed by atoms with Crippen molar-refractivity contribution in [1.82, 2.24) is 14.8 Å². The van der Waals surface area contributed by atoms with Crippen LogP contribution in [-0.2, 0) is 11.3 Å². The molecule has 0 atom stereocenters. The molecule has 0 bridgehead atoms. The van der Waals surface area contributed by atoms with E-state index in [1.807, 2.05) is 28.8 Å². The van der Waals surface area contributed by atoms with Crippen molar-refractivity contribution in [3.63, 3.8) is 0 Å². The van der Waals surface area contributed by atoms with Gasteiger partial charge in [0, 0.05) is 18.2 Å². The van der Waals surface area contributed by atoms with Crippen molar-refractivity contribution >= 4 is 23.4 Å². The van der Waals surface area contributed by atoms with Crippen LogP contribution in [0.5, 0.6) is 5.75 Å². The van der Waals surface area contributed by atoms with Gasteiger partial charge in [-0.25, -0.2) is 8.78 Å². The van der Waals surface area contributed by atoms with Gasteiger partial charge in [0.2, 0.25) is 5.91 Å². The maximum atomic E-state index is 13.7. The Hall–Kier alpha value is -3.20. The molecule has 0 aliphatic carbocycles.